The van der Waals surface area contributed by atoms with Gasteiger partial charge in [-0.25, -0.2) is 4.79 Å². The van der Waals surface area contributed by atoms with Gasteiger partial charge >= 0.3 is 12.0 Å². The van der Waals surface area contributed by atoms with Crippen molar-refractivity contribution in [2.75, 3.05) is 32.9 Å². The van der Waals surface area contributed by atoms with Gasteiger partial charge in [0, 0.05) is 13.1 Å². The maximum Gasteiger partial charge on any atom is 0.314 e. The van der Waals surface area contributed by atoms with Gasteiger partial charge in [-0.3, -0.25) is 4.79 Å². The summed E-state index contributed by atoms with van der Waals surface area (Å²) in [6.07, 6.45) is 0.358. The van der Waals surface area contributed by atoms with Crippen LogP contribution in [0.5, 0.6) is 0 Å². The number of carboxylic acid groups (broad SMARTS) is 1. The van der Waals surface area contributed by atoms with Crippen molar-refractivity contribution in [1.82, 2.24) is 10.6 Å². The average Bonchev–Trinajstić information content (AvgIpc) is 2.41. The zero-order valence-corrected chi connectivity index (χ0v) is 13.0. The van der Waals surface area contributed by atoms with Crippen molar-refractivity contribution in [3.63, 3.8) is 0 Å². The fraction of sp³-hybridized carbons (Fsp3) is 0.857. The van der Waals surface area contributed by atoms with E-state index in [1.165, 1.54) is 0 Å². The van der Waals surface area contributed by atoms with E-state index in [9.17, 15) is 14.7 Å². The van der Waals surface area contributed by atoms with Crippen molar-refractivity contribution in [3.05, 3.63) is 0 Å². The molecule has 2 amide bonds. The normalized spacial score (nSPS) is 20.6. The molecule has 0 aliphatic carbocycles. The van der Waals surface area contributed by atoms with Gasteiger partial charge in [-0.15, -0.1) is 0 Å². The Kier molecular flexibility index (Phi) is 6.91. The van der Waals surface area contributed by atoms with E-state index in [1.807, 2.05) is 20.8 Å². The molecule has 7 nitrogen and oxygen atoms in total. The Morgan fingerprint density at radius 1 is 1.29 bits per heavy atom. The second-order valence-corrected chi connectivity index (χ2v) is 6.46. The van der Waals surface area contributed by atoms with Crippen LogP contribution in [0.3, 0.4) is 0 Å². The minimum absolute atomic E-state index is 0.103. The van der Waals surface area contributed by atoms with Crippen molar-refractivity contribution in [3.8, 4) is 0 Å². The number of hydrogen-bond acceptors (Lipinski definition) is 4. The standard InChI is InChI=1S/C14H26N2O5/c1-14(2,3)6-10(12(17)18)7-15-13(19)16-8-11-9-20-4-5-21-11/h10-11H,4-9H2,1-3H3,(H,17,18)(H2,15,16,19). The molecule has 0 radical (unpaired) electrons. The highest BCUT2D eigenvalue weighted by atomic mass is 16.6. The molecule has 1 rings (SSSR count). The van der Waals surface area contributed by atoms with Crippen molar-refractivity contribution in [1.29, 1.82) is 0 Å². The van der Waals surface area contributed by atoms with Crippen LogP contribution in [-0.4, -0.2) is 56.1 Å². The smallest absolute Gasteiger partial charge is 0.314 e. The van der Waals surface area contributed by atoms with Crippen molar-refractivity contribution >= 4 is 12.0 Å². The predicted molar refractivity (Wildman–Crippen MR) is 77.2 cm³/mol. The third-order valence-electron chi connectivity index (χ3n) is 3.09. The van der Waals surface area contributed by atoms with E-state index in [4.69, 9.17) is 9.47 Å². The largest absolute Gasteiger partial charge is 0.481 e. The van der Waals surface area contributed by atoms with E-state index in [2.05, 4.69) is 10.6 Å². The third kappa shape index (κ3) is 7.87. The number of carboxylic acids is 1. The Hall–Kier alpha value is -1.34. The SMILES string of the molecule is CC(C)(C)CC(CNC(=O)NCC1COCCO1)C(=O)O. The molecule has 0 saturated carbocycles. The molecule has 0 bridgehead atoms. The van der Waals surface area contributed by atoms with Gasteiger partial charge in [-0.1, -0.05) is 20.8 Å². The average molecular weight is 302 g/mol. The Labute approximate surface area is 125 Å². The number of ether oxygens (including phenoxy) is 2. The van der Waals surface area contributed by atoms with Crippen LogP contribution >= 0.6 is 0 Å². The van der Waals surface area contributed by atoms with Crippen LogP contribution in [0.1, 0.15) is 27.2 Å². The molecule has 2 atom stereocenters. The van der Waals surface area contributed by atoms with E-state index < -0.39 is 11.9 Å². The summed E-state index contributed by atoms with van der Waals surface area (Å²) in [6, 6.07) is -0.385. The number of amides is 2. The first-order valence-corrected chi connectivity index (χ1v) is 7.22. The number of nitrogens with one attached hydrogen (secondary N) is 2. The summed E-state index contributed by atoms with van der Waals surface area (Å²) in [5.74, 6) is -1.49. The molecule has 0 aromatic carbocycles. The van der Waals surface area contributed by atoms with E-state index >= 15 is 0 Å². The van der Waals surface area contributed by atoms with Crippen LogP contribution < -0.4 is 10.6 Å². The molecule has 122 valence electrons. The number of carbonyl (C=O) groups excluding carboxylic acids is 1. The van der Waals surface area contributed by atoms with Crippen molar-refractivity contribution in [2.24, 2.45) is 11.3 Å². The molecule has 0 aromatic rings. The van der Waals surface area contributed by atoms with Gasteiger partial charge in [0.2, 0.25) is 0 Å². The van der Waals surface area contributed by atoms with E-state index in [0.29, 0.717) is 32.8 Å². The highest BCUT2D eigenvalue weighted by Crippen LogP contribution is 2.24. The fourth-order valence-electron chi connectivity index (χ4n) is 2.13. The van der Waals surface area contributed by atoms with Gasteiger partial charge in [-0.2, -0.15) is 0 Å². The maximum atomic E-state index is 11.7. The lowest BCUT2D eigenvalue weighted by Gasteiger charge is -2.24. The fourth-order valence-corrected chi connectivity index (χ4v) is 2.13. The summed E-state index contributed by atoms with van der Waals surface area (Å²) in [7, 11) is 0. The molecule has 1 heterocycles. The van der Waals surface area contributed by atoms with Gasteiger partial charge in [0.05, 0.1) is 31.8 Å². The van der Waals surface area contributed by atoms with Crippen LogP contribution in [0.4, 0.5) is 4.79 Å². The van der Waals surface area contributed by atoms with Crippen molar-refractivity contribution in [2.45, 2.75) is 33.3 Å². The van der Waals surface area contributed by atoms with Gasteiger partial charge < -0.3 is 25.2 Å². The molecule has 7 heteroatoms. The maximum absolute atomic E-state index is 11.7. The molecular weight excluding hydrogens is 276 g/mol. The molecule has 21 heavy (non-hydrogen) atoms. The Balaban J connectivity index is 2.27. The van der Waals surface area contributed by atoms with E-state index in [-0.39, 0.29) is 24.1 Å². The Morgan fingerprint density at radius 3 is 2.52 bits per heavy atom. The topological polar surface area (TPSA) is 96.9 Å². The minimum Gasteiger partial charge on any atom is -0.481 e. The van der Waals surface area contributed by atoms with Crippen LogP contribution in [-0.2, 0) is 14.3 Å². The molecule has 3 N–H and O–H groups in total. The summed E-state index contributed by atoms with van der Waals surface area (Å²) in [5, 5.41) is 14.4. The first kappa shape index (κ1) is 17.7. The lowest BCUT2D eigenvalue weighted by molar-refractivity contribution is -0.142. The second kappa shape index (κ2) is 8.19. The Morgan fingerprint density at radius 2 is 2.00 bits per heavy atom. The molecule has 1 aliphatic heterocycles. The first-order chi connectivity index (χ1) is 9.78. The summed E-state index contributed by atoms with van der Waals surface area (Å²) >= 11 is 0. The second-order valence-electron chi connectivity index (χ2n) is 6.46. The van der Waals surface area contributed by atoms with E-state index in [1.54, 1.807) is 0 Å². The summed E-state index contributed by atoms with van der Waals surface area (Å²) in [6.45, 7) is 7.96. The van der Waals surface area contributed by atoms with Gasteiger partial charge in [-0.05, 0) is 11.8 Å². The molecule has 0 aromatic heterocycles. The van der Waals surface area contributed by atoms with Crippen molar-refractivity contribution < 1.29 is 24.2 Å². The predicted octanol–water partition coefficient (Wildman–Crippen LogP) is 0.838. The zero-order chi connectivity index (χ0) is 15.9. The quantitative estimate of drug-likeness (QED) is 0.675. The summed E-state index contributed by atoms with van der Waals surface area (Å²) < 4.78 is 10.6. The van der Waals surface area contributed by atoms with Crippen LogP contribution in [0.15, 0.2) is 0 Å². The van der Waals surface area contributed by atoms with Crippen LogP contribution in [0.25, 0.3) is 0 Å². The molecule has 2 unspecified atom stereocenters. The number of carbonyl (C=O) groups is 2. The number of urea groups is 1. The summed E-state index contributed by atoms with van der Waals surface area (Å²) in [5.41, 5.74) is -0.103. The molecular formula is C14H26N2O5. The minimum atomic E-state index is -0.894. The number of aliphatic carboxylic acids is 1. The molecule has 1 aliphatic rings. The first-order valence-electron chi connectivity index (χ1n) is 7.22. The highest BCUT2D eigenvalue weighted by molar-refractivity contribution is 5.75. The highest BCUT2D eigenvalue weighted by Gasteiger charge is 2.25. The van der Waals surface area contributed by atoms with E-state index in [0.717, 1.165) is 0 Å². The lowest BCUT2D eigenvalue weighted by Crippen LogP contribution is -2.45. The zero-order valence-electron chi connectivity index (χ0n) is 13.0. The van der Waals surface area contributed by atoms with Gasteiger partial charge in [0.25, 0.3) is 0 Å². The third-order valence-corrected chi connectivity index (χ3v) is 3.09. The number of rotatable bonds is 6. The summed E-state index contributed by atoms with van der Waals surface area (Å²) in [4.78, 5) is 22.9. The molecule has 1 fully saturated rings. The Bertz CT molecular complexity index is 348. The van der Waals surface area contributed by atoms with Gasteiger partial charge in [0.15, 0.2) is 0 Å². The number of hydrogen-bond donors (Lipinski definition) is 3. The lowest BCUT2D eigenvalue weighted by atomic mass is 9.84. The van der Waals surface area contributed by atoms with Gasteiger partial charge in [0.1, 0.15) is 0 Å². The van der Waals surface area contributed by atoms with Crippen LogP contribution in [0.2, 0.25) is 0 Å². The monoisotopic (exact) mass is 302 g/mol. The molecule has 0 spiro atoms. The van der Waals surface area contributed by atoms with Crippen LogP contribution in [0, 0.1) is 11.3 Å². The molecule has 1 saturated heterocycles.